The molecule has 0 saturated heterocycles. The molecule has 0 aromatic heterocycles. The maximum absolute atomic E-state index is 11.4. The molecule has 2 aliphatic carbocycles. The van der Waals surface area contributed by atoms with E-state index in [0.717, 1.165) is 30.8 Å². The number of carbonyl (C=O) groups excluding carboxylic acids is 1. The van der Waals surface area contributed by atoms with E-state index in [0.29, 0.717) is 6.54 Å². The molecule has 0 radical (unpaired) electrons. The largest absolute Gasteiger partial charge is 0.355 e. The van der Waals surface area contributed by atoms with Crippen molar-refractivity contribution < 1.29 is 4.79 Å². The smallest absolute Gasteiger partial charge is 0.233 e. The molecule has 3 nitrogen and oxygen atoms in total. The average Bonchev–Trinajstić information content (AvgIpc) is 3.05. The maximum atomic E-state index is 11.4. The van der Waals surface area contributed by atoms with Crippen LogP contribution in [0, 0.1) is 17.8 Å². The lowest BCUT2D eigenvalue weighted by Gasteiger charge is -2.16. The molecule has 0 bridgehead atoms. The number of nitrogens with one attached hydrogen (secondary N) is 2. The van der Waals surface area contributed by atoms with E-state index in [1.54, 1.807) is 0 Å². The van der Waals surface area contributed by atoms with Gasteiger partial charge in [-0.25, -0.2) is 0 Å². The summed E-state index contributed by atoms with van der Waals surface area (Å²) in [6.07, 6.45) is 5.57. The van der Waals surface area contributed by atoms with Gasteiger partial charge >= 0.3 is 0 Å². The molecule has 1 amide bonds. The quantitative estimate of drug-likeness (QED) is 0.662. The summed E-state index contributed by atoms with van der Waals surface area (Å²) in [5, 5.41) is 6.11. The Balaban J connectivity index is 1.64. The zero-order chi connectivity index (χ0) is 10.7. The summed E-state index contributed by atoms with van der Waals surface area (Å²) in [5.41, 5.74) is 0. The molecule has 2 N–H and O–H groups in total. The number of hydrogen-bond acceptors (Lipinski definition) is 2. The van der Waals surface area contributed by atoms with Crippen LogP contribution in [0.2, 0.25) is 0 Å². The number of amides is 1. The molecule has 0 unspecified atom stereocenters. The molecule has 3 heteroatoms. The second-order valence-electron chi connectivity index (χ2n) is 4.92. The van der Waals surface area contributed by atoms with Gasteiger partial charge in [-0.05, 0) is 50.0 Å². The predicted molar refractivity (Wildman–Crippen MR) is 60.5 cm³/mol. The molecule has 2 rings (SSSR count). The van der Waals surface area contributed by atoms with Gasteiger partial charge in [0.15, 0.2) is 0 Å². The first-order valence-electron chi connectivity index (χ1n) is 6.28. The van der Waals surface area contributed by atoms with Gasteiger partial charge in [-0.2, -0.15) is 0 Å². The highest BCUT2D eigenvalue weighted by atomic mass is 16.1. The molecule has 2 fully saturated rings. The van der Waals surface area contributed by atoms with Crippen LogP contribution in [-0.2, 0) is 4.79 Å². The lowest BCUT2D eigenvalue weighted by atomic mass is 9.98. The second-order valence-corrected chi connectivity index (χ2v) is 4.92. The van der Waals surface area contributed by atoms with Gasteiger partial charge < -0.3 is 10.6 Å². The summed E-state index contributed by atoms with van der Waals surface area (Å²) >= 11 is 0. The Morgan fingerprint density at radius 2 is 1.87 bits per heavy atom. The van der Waals surface area contributed by atoms with Crippen molar-refractivity contribution in [1.29, 1.82) is 0 Å². The van der Waals surface area contributed by atoms with Crippen molar-refractivity contribution in [2.45, 2.75) is 32.6 Å². The van der Waals surface area contributed by atoms with Crippen LogP contribution < -0.4 is 10.6 Å². The van der Waals surface area contributed by atoms with Crippen molar-refractivity contribution in [2.75, 3.05) is 19.6 Å². The Morgan fingerprint density at radius 1 is 1.27 bits per heavy atom. The summed E-state index contributed by atoms with van der Waals surface area (Å²) < 4.78 is 0. The summed E-state index contributed by atoms with van der Waals surface area (Å²) in [6, 6.07) is 0. The van der Waals surface area contributed by atoms with Gasteiger partial charge in [0.1, 0.15) is 0 Å². The number of rotatable bonds is 7. The summed E-state index contributed by atoms with van der Waals surface area (Å²) in [4.78, 5) is 11.4. The molecule has 0 heterocycles. The Morgan fingerprint density at radius 3 is 2.33 bits per heavy atom. The van der Waals surface area contributed by atoms with Gasteiger partial charge in [0.05, 0.1) is 6.54 Å². The van der Waals surface area contributed by atoms with Crippen LogP contribution in [-0.4, -0.2) is 25.5 Å². The van der Waals surface area contributed by atoms with Gasteiger partial charge in [-0.15, -0.1) is 0 Å². The van der Waals surface area contributed by atoms with Gasteiger partial charge in [0.2, 0.25) is 5.91 Å². The van der Waals surface area contributed by atoms with Crippen LogP contribution in [0.15, 0.2) is 0 Å². The first-order chi connectivity index (χ1) is 7.31. The van der Waals surface area contributed by atoms with E-state index in [2.05, 4.69) is 10.6 Å². The fourth-order valence-corrected chi connectivity index (χ4v) is 2.30. The third-order valence-electron chi connectivity index (χ3n) is 3.53. The number of hydrogen-bond donors (Lipinski definition) is 2. The maximum Gasteiger partial charge on any atom is 0.233 e. The highest BCUT2D eigenvalue weighted by molar-refractivity contribution is 5.77. The van der Waals surface area contributed by atoms with Crippen LogP contribution in [0.1, 0.15) is 32.6 Å². The molecule has 0 spiro atoms. The van der Waals surface area contributed by atoms with E-state index in [1.807, 2.05) is 6.92 Å². The molecule has 0 aromatic rings. The molecule has 2 saturated carbocycles. The van der Waals surface area contributed by atoms with Crippen molar-refractivity contribution in [2.24, 2.45) is 17.8 Å². The topological polar surface area (TPSA) is 41.1 Å². The second kappa shape index (κ2) is 4.97. The number of carbonyl (C=O) groups is 1. The Hall–Kier alpha value is -0.570. The van der Waals surface area contributed by atoms with Crippen LogP contribution in [0.25, 0.3) is 0 Å². The fraction of sp³-hybridized carbons (Fsp3) is 0.917. The van der Waals surface area contributed by atoms with Crippen LogP contribution in [0.4, 0.5) is 0 Å². The minimum Gasteiger partial charge on any atom is -0.355 e. The van der Waals surface area contributed by atoms with Crippen molar-refractivity contribution in [3.63, 3.8) is 0 Å². The van der Waals surface area contributed by atoms with Gasteiger partial charge in [-0.3, -0.25) is 4.79 Å². The van der Waals surface area contributed by atoms with E-state index in [-0.39, 0.29) is 5.91 Å². The van der Waals surface area contributed by atoms with Crippen molar-refractivity contribution in [3.8, 4) is 0 Å². The minimum atomic E-state index is 0.156. The average molecular weight is 210 g/mol. The van der Waals surface area contributed by atoms with Gasteiger partial charge in [0, 0.05) is 6.54 Å². The predicted octanol–water partition coefficient (Wildman–Crippen LogP) is 1.15. The molecule has 15 heavy (non-hydrogen) atoms. The number of likely N-dealkylation sites (N-methyl/N-ethyl adjacent to an activating group) is 1. The van der Waals surface area contributed by atoms with E-state index >= 15 is 0 Å². The zero-order valence-electron chi connectivity index (χ0n) is 9.59. The molecule has 0 atom stereocenters. The monoisotopic (exact) mass is 210 g/mol. The van der Waals surface area contributed by atoms with Crippen LogP contribution >= 0.6 is 0 Å². The van der Waals surface area contributed by atoms with Crippen molar-refractivity contribution >= 4 is 5.91 Å². The van der Waals surface area contributed by atoms with Crippen molar-refractivity contribution in [3.05, 3.63) is 0 Å². The zero-order valence-corrected chi connectivity index (χ0v) is 9.59. The molecule has 2 aliphatic rings. The lowest BCUT2D eigenvalue weighted by molar-refractivity contribution is -0.120. The molecular formula is C12H22N2O. The Kier molecular flexibility index (Phi) is 3.62. The van der Waals surface area contributed by atoms with E-state index < -0.39 is 0 Å². The van der Waals surface area contributed by atoms with Gasteiger partial charge in [0.25, 0.3) is 0 Å². The highest BCUT2D eigenvalue weighted by Gasteiger charge is 2.41. The molecule has 86 valence electrons. The SMILES string of the molecule is CCNCC(=O)NCC(C1CC1)C1CC1. The molecular weight excluding hydrogens is 188 g/mol. The highest BCUT2D eigenvalue weighted by Crippen LogP contribution is 2.48. The van der Waals surface area contributed by atoms with E-state index in [4.69, 9.17) is 0 Å². The van der Waals surface area contributed by atoms with Gasteiger partial charge in [-0.1, -0.05) is 6.92 Å². The summed E-state index contributed by atoms with van der Waals surface area (Å²) in [7, 11) is 0. The molecule has 0 aromatic carbocycles. The Bertz CT molecular complexity index is 210. The first kappa shape index (κ1) is 10.9. The third kappa shape index (κ3) is 3.49. The lowest BCUT2D eigenvalue weighted by Crippen LogP contribution is -2.37. The minimum absolute atomic E-state index is 0.156. The van der Waals surface area contributed by atoms with Crippen LogP contribution in [0.3, 0.4) is 0 Å². The fourth-order valence-electron chi connectivity index (χ4n) is 2.30. The normalized spacial score (nSPS) is 20.7. The van der Waals surface area contributed by atoms with Crippen molar-refractivity contribution in [1.82, 2.24) is 10.6 Å². The van der Waals surface area contributed by atoms with Crippen LogP contribution in [0.5, 0.6) is 0 Å². The third-order valence-corrected chi connectivity index (χ3v) is 3.53. The Labute approximate surface area is 92.0 Å². The van der Waals surface area contributed by atoms with E-state index in [1.165, 1.54) is 25.7 Å². The first-order valence-corrected chi connectivity index (χ1v) is 6.28. The molecule has 0 aliphatic heterocycles. The summed E-state index contributed by atoms with van der Waals surface area (Å²) in [6.45, 7) is 4.27. The van der Waals surface area contributed by atoms with E-state index in [9.17, 15) is 4.79 Å². The summed E-state index contributed by atoms with van der Waals surface area (Å²) in [5.74, 6) is 2.80. The standard InChI is InChI=1S/C12H22N2O/c1-2-13-8-12(15)14-7-11(9-3-4-9)10-5-6-10/h9-11,13H,2-8H2,1H3,(H,14,15).